The molecule has 2 aromatic rings. The zero-order chi connectivity index (χ0) is 14.6. The van der Waals surface area contributed by atoms with Crippen molar-refractivity contribution in [1.29, 1.82) is 0 Å². The summed E-state index contributed by atoms with van der Waals surface area (Å²) in [6, 6.07) is 7.77. The lowest BCUT2D eigenvalue weighted by molar-refractivity contribution is 0.411. The number of methoxy groups -OCH3 is 1. The van der Waals surface area contributed by atoms with Crippen LogP contribution in [-0.4, -0.2) is 24.2 Å². The Morgan fingerprint density at radius 1 is 1.20 bits per heavy atom. The van der Waals surface area contributed by atoms with Crippen LogP contribution < -0.4 is 10.1 Å². The van der Waals surface area contributed by atoms with E-state index in [0.717, 1.165) is 35.9 Å². The maximum atomic E-state index is 5.77. The van der Waals surface area contributed by atoms with Crippen LogP contribution >= 0.6 is 0 Å². The van der Waals surface area contributed by atoms with E-state index in [1.165, 1.54) is 0 Å². The molecule has 108 valence electrons. The standard InChI is InChI=1S/C16H22N2O2/c1-16(2,3)18-10-9-15-17-11-14(20-15)12-5-7-13(19-4)8-6-12/h5-8,11,18H,9-10H2,1-4H3. The average Bonchev–Trinajstić information content (AvgIpc) is 2.86. The number of hydrogen-bond donors (Lipinski definition) is 1. The van der Waals surface area contributed by atoms with Gasteiger partial charge in [0.25, 0.3) is 0 Å². The molecular formula is C16H22N2O2. The summed E-state index contributed by atoms with van der Waals surface area (Å²) in [4.78, 5) is 4.32. The van der Waals surface area contributed by atoms with Gasteiger partial charge in [0.05, 0.1) is 13.3 Å². The molecule has 4 heteroatoms. The molecular weight excluding hydrogens is 252 g/mol. The molecule has 0 radical (unpaired) electrons. The Bertz CT molecular complexity index is 538. The van der Waals surface area contributed by atoms with E-state index in [2.05, 4.69) is 31.1 Å². The quantitative estimate of drug-likeness (QED) is 0.909. The number of hydrogen-bond acceptors (Lipinski definition) is 4. The Hall–Kier alpha value is -1.81. The van der Waals surface area contributed by atoms with Crippen LogP contribution in [-0.2, 0) is 6.42 Å². The molecule has 1 aromatic carbocycles. The van der Waals surface area contributed by atoms with Crippen molar-refractivity contribution < 1.29 is 9.15 Å². The van der Waals surface area contributed by atoms with Gasteiger partial charge in [-0.2, -0.15) is 0 Å². The van der Waals surface area contributed by atoms with Gasteiger partial charge in [0.2, 0.25) is 0 Å². The third kappa shape index (κ3) is 4.10. The Kier molecular flexibility index (Phi) is 4.45. The summed E-state index contributed by atoms with van der Waals surface area (Å²) >= 11 is 0. The van der Waals surface area contributed by atoms with Crippen LogP contribution in [0, 0.1) is 0 Å². The summed E-state index contributed by atoms with van der Waals surface area (Å²) in [5.41, 5.74) is 1.12. The smallest absolute Gasteiger partial charge is 0.196 e. The highest BCUT2D eigenvalue weighted by molar-refractivity contribution is 5.57. The van der Waals surface area contributed by atoms with Crippen molar-refractivity contribution in [1.82, 2.24) is 10.3 Å². The van der Waals surface area contributed by atoms with Crippen LogP contribution in [0.5, 0.6) is 5.75 Å². The monoisotopic (exact) mass is 274 g/mol. The minimum atomic E-state index is 0.116. The second-order valence-corrected chi connectivity index (χ2v) is 5.77. The molecule has 2 rings (SSSR count). The minimum Gasteiger partial charge on any atom is -0.497 e. The highest BCUT2D eigenvalue weighted by Gasteiger charge is 2.10. The van der Waals surface area contributed by atoms with Crippen LogP contribution in [0.25, 0.3) is 11.3 Å². The number of oxazole rings is 1. The molecule has 0 atom stereocenters. The van der Waals surface area contributed by atoms with Crippen molar-refractivity contribution in [3.63, 3.8) is 0 Å². The second-order valence-electron chi connectivity index (χ2n) is 5.77. The fraction of sp³-hybridized carbons (Fsp3) is 0.438. The summed E-state index contributed by atoms with van der Waals surface area (Å²) in [5, 5.41) is 3.42. The first-order chi connectivity index (χ1) is 9.48. The molecule has 0 unspecified atom stereocenters. The summed E-state index contributed by atoms with van der Waals surface area (Å²) in [7, 11) is 1.66. The van der Waals surface area contributed by atoms with Gasteiger partial charge in [-0.3, -0.25) is 0 Å². The summed E-state index contributed by atoms with van der Waals surface area (Å²) < 4.78 is 10.9. The number of aromatic nitrogens is 1. The van der Waals surface area contributed by atoms with Crippen molar-refractivity contribution in [2.24, 2.45) is 0 Å². The summed E-state index contributed by atoms with van der Waals surface area (Å²) in [6.45, 7) is 7.29. The predicted molar refractivity (Wildman–Crippen MR) is 80.0 cm³/mol. The van der Waals surface area contributed by atoms with Crippen LogP contribution in [0.15, 0.2) is 34.9 Å². The van der Waals surface area contributed by atoms with Gasteiger partial charge in [-0.15, -0.1) is 0 Å². The lowest BCUT2D eigenvalue weighted by Crippen LogP contribution is -2.37. The van der Waals surface area contributed by atoms with E-state index in [1.54, 1.807) is 13.3 Å². The van der Waals surface area contributed by atoms with Gasteiger partial charge in [-0.05, 0) is 45.0 Å². The van der Waals surface area contributed by atoms with E-state index in [0.29, 0.717) is 0 Å². The van der Waals surface area contributed by atoms with Gasteiger partial charge < -0.3 is 14.5 Å². The van der Waals surface area contributed by atoms with Crippen molar-refractivity contribution in [3.05, 3.63) is 36.4 Å². The largest absolute Gasteiger partial charge is 0.497 e. The third-order valence-electron chi connectivity index (χ3n) is 2.92. The Morgan fingerprint density at radius 2 is 1.90 bits per heavy atom. The number of rotatable bonds is 5. The number of nitrogens with one attached hydrogen (secondary N) is 1. The van der Waals surface area contributed by atoms with Gasteiger partial charge in [-0.1, -0.05) is 0 Å². The number of ether oxygens (including phenoxy) is 1. The van der Waals surface area contributed by atoms with Gasteiger partial charge in [-0.25, -0.2) is 4.98 Å². The van der Waals surface area contributed by atoms with E-state index in [1.807, 2.05) is 24.3 Å². The maximum absolute atomic E-state index is 5.77. The Morgan fingerprint density at radius 3 is 2.50 bits per heavy atom. The summed E-state index contributed by atoms with van der Waals surface area (Å²) in [5.74, 6) is 2.38. The second kappa shape index (κ2) is 6.09. The average molecular weight is 274 g/mol. The SMILES string of the molecule is COc1ccc(-c2cnc(CCNC(C)(C)C)o2)cc1. The molecule has 0 saturated heterocycles. The molecule has 1 N–H and O–H groups in total. The molecule has 0 bridgehead atoms. The van der Waals surface area contributed by atoms with Gasteiger partial charge in [0.1, 0.15) is 5.75 Å². The molecule has 0 saturated carbocycles. The molecule has 0 aliphatic heterocycles. The van der Waals surface area contributed by atoms with Gasteiger partial charge >= 0.3 is 0 Å². The predicted octanol–water partition coefficient (Wildman–Crippen LogP) is 3.28. The first-order valence-electron chi connectivity index (χ1n) is 6.82. The molecule has 0 aliphatic rings. The molecule has 0 amide bonds. The Balaban J connectivity index is 1.97. The molecule has 0 spiro atoms. The number of benzene rings is 1. The molecule has 4 nitrogen and oxygen atoms in total. The molecule has 20 heavy (non-hydrogen) atoms. The number of nitrogens with zero attached hydrogens (tertiary/aromatic N) is 1. The summed E-state index contributed by atoms with van der Waals surface area (Å²) in [6.07, 6.45) is 2.56. The molecule has 1 aromatic heterocycles. The maximum Gasteiger partial charge on any atom is 0.196 e. The molecule has 1 heterocycles. The van der Waals surface area contributed by atoms with Crippen LogP contribution in [0.1, 0.15) is 26.7 Å². The van der Waals surface area contributed by atoms with E-state index in [9.17, 15) is 0 Å². The fourth-order valence-electron chi connectivity index (χ4n) is 1.86. The zero-order valence-corrected chi connectivity index (χ0v) is 12.6. The van der Waals surface area contributed by atoms with E-state index in [4.69, 9.17) is 9.15 Å². The minimum absolute atomic E-state index is 0.116. The van der Waals surface area contributed by atoms with Gasteiger partial charge in [0.15, 0.2) is 11.7 Å². The lowest BCUT2D eigenvalue weighted by atomic mass is 10.1. The third-order valence-corrected chi connectivity index (χ3v) is 2.92. The highest BCUT2D eigenvalue weighted by Crippen LogP contribution is 2.23. The lowest BCUT2D eigenvalue weighted by Gasteiger charge is -2.19. The fourth-order valence-corrected chi connectivity index (χ4v) is 1.86. The zero-order valence-electron chi connectivity index (χ0n) is 12.6. The van der Waals surface area contributed by atoms with Crippen molar-refractivity contribution >= 4 is 0 Å². The topological polar surface area (TPSA) is 47.3 Å². The van der Waals surface area contributed by atoms with Gasteiger partial charge in [0, 0.05) is 24.1 Å². The van der Waals surface area contributed by atoms with Crippen molar-refractivity contribution in [3.8, 4) is 17.1 Å². The highest BCUT2D eigenvalue weighted by atomic mass is 16.5. The van der Waals surface area contributed by atoms with Crippen LogP contribution in [0.4, 0.5) is 0 Å². The first kappa shape index (κ1) is 14.6. The first-order valence-corrected chi connectivity index (χ1v) is 6.82. The van der Waals surface area contributed by atoms with E-state index in [-0.39, 0.29) is 5.54 Å². The van der Waals surface area contributed by atoms with Crippen molar-refractivity contribution in [2.75, 3.05) is 13.7 Å². The van der Waals surface area contributed by atoms with E-state index < -0.39 is 0 Å². The molecule has 0 aliphatic carbocycles. The van der Waals surface area contributed by atoms with Crippen molar-refractivity contribution in [2.45, 2.75) is 32.7 Å². The van der Waals surface area contributed by atoms with E-state index >= 15 is 0 Å². The molecule has 0 fully saturated rings. The van der Waals surface area contributed by atoms with Crippen LogP contribution in [0.3, 0.4) is 0 Å². The van der Waals surface area contributed by atoms with Crippen LogP contribution in [0.2, 0.25) is 0 Å². The normalized spacial score (nSPS) is 11.6. The Labute approximate surface area is 120 Å².